The van der Waals surface area contributed by atoms with Crippen LogP contribution in [0.1, 0.15) is 91.9 Å². The number of methoxy groups -OCH3 is 1. The molecule has 2 rings (SSSR count). The van der Waals surface area contributed by atoms with Gasteiger partial charge in [0.25, 0.3) is 0 Å². The minimum Gasteiger partial charge on any atom is -0.493 e. The Kier molecular flexibility index (Phi) is 13.1. The van der Waals surface area contributed by atoms with Gasteiger partial charge in [0.15, 0.2) is 17.1 Å². The lowest BCUT2D eigenvalue weighted by molar-refractivity contribution is 0.269. The Balaban J connectivity index is 2.09. The van der Waals surface area contributed by atoms with E-state index in [0.29, 0.717) is 29.1 Å². The Morgan fingerprint density at radius 3 is 2.31 bits per heavy atom. The first-order chi connectivity index (χ1) is 17.0. The smallest absolute Gasteiger partial charge is 0.383 e. The lowest BCUT2D eigenvalue weighted by Crippen LogP contribution is -2.11. The van der Waals surface area contributed by atoms with Gasteiger partial charge in [-0.15, -0.1) is 0 Å². The number of ether oxygens (including phenoxy) is 3. The van der Waals surface area contributed by atoms with Crippen molar-refractivity contribution in [3.05, 3.63) is 51.9 Å². The standard InChI is InChI=1S/C30H44O5/c1-6-7-8-9-10-11-12-13-21-33-28-25-18-15-19-26(32-5)27(25)35-30(31)29(28)34-22-20-24(4)17-14-16-23(2)3/h15-16,18-20H,6-14,17,21-22H2,1-5H3/b24-20+. The van der Waals surface area contributed by atoms with Crippen LogP contribution in [-0.2, 0) is 0 Å². The highest BCUT2D eigenvalue weighted by Crippen LogP contribution is 2.37. The van der Waals surface area contributed by atoms with E-state index in [-0.39, 0.29) is 12.4 Å². The van der Waals surface area contributed by atoms with Gasteiger partial charge in [0.05, 0.1) is 19.1 Å². The Labute approximate surface area is 211 Å². The molecule has 0 fully saturated rings. The van der Waals surface area contributed by atoms with Crippen LogP contribution in [0.25, 0.3) is 11.0 Å². The van der Waals surface area contributed by atoms with E-state index in [2.05, 4.69) is 33.8 Å². The number of unbranched alkanes of at least 4 members (excludes halogenated alkanes) is 7. The molecule has 35 heavy (non-hydrogen) atoms. The molecule has 0 unspecified atom stereocenters. The molecule has 0 aliphatic heterocycles. The second kappa shape index (κ2) is 16.1. The zero-order valence-corrected chi connectivity index (χ0v) is 22.4. The Morgan fingerprint density at radius 1 is 0.914 bits per heavy atom. The monoisotopic (exact) mass is 484 g/mol. The maximum Gasteiger partial charge on any atom is 0.383 e. The first-order valence-corrected chi connectivity index (χ1v) is 13.2. The fourth-order valence-corrected chi connectivity index (χ4v) is 3.95. The van der Waals surface area contributed by atoms with E-state index in [0.717, 1.165) is 25.7 Å². The second-order valence-corrected chi connectivity index (χ2v) is 9.39. The molecule has 5 heteroatoms. The normalized spacial score (nSPS) is 11.5. The first kappa shape index (κ1) is 28.5. The molecule has 0 radical (unpaired) electrons. The summed E-state index contributed by atoms with van der Waals surface area (Å²) in [6.07, 6.45) is 15.9. The van der Waals surface area contributed by atoms with Crippen LogP contribution < -0.4 is 19.8 Å². The highest BCUT2D eigenvalue weighted by molar-refractivity contribution is 5.89. The summed E-state index contributed by atoms with van der Waals surface area (Å²) >= 11 is 0. The third-order valence-electron chi connectivity index (χ3n) is 6.02. The average Bonchev–Trinajstić information content (AvgIpc) is 2.83. The molecule has 0 spiro atoms. The maximum absolute atomic E-state index is 12.8. The zero-order chi connectivity index (χ0) is 25.5. The van der Waals surface area contributed by atoms with Crippen molar-refractivity contribution in [1.82, 2.24) is 0 Å². The van der Waals surface area contributed by atoms with Crippen LogP contribution in [0.2, 0.25) is 0 Å². The fourth-order valence-electron chi connectivity index (χ4n) is 3.95. The van der Waals surface area contributed by atoms with Crippen LogP contribution in [0.3, 0.4) is 0 Å². The predicted molar refractivity (Wildman–Crippen MR) is 145 cm³/mol. The molecule has 0 aliphatic carbocycles. The topological polar surface area (TPSA) is 57.9 Å². The number of para-hydroxylation sites is 1. The quantitative estimate of drug-likeness (QED) is 0.128. The van der Waals surface area contributed by atoms with Crippen molar-refractivity contribution in [2.75, 3.05) is 20.3 Å². The summed E-state index contributed by atoms with van der Waals surface area (Å²) < 4.78 is 23.1. The van der Waals surface area contributed by atoms with Crippen molar-refractivity contribution >= 4 is 11.0 Å². The largest absolute Gasteiger partial charge is 0.493 e. The van der Waals surface area contributed by atoms with Crippen LogP contribution in [-0.4, -0.2) is 20.3 Å². The molecule has 0 saturated carbocycles. The molecule has 0 bridgehead atoms. The number of benzene rings is 1. The fraction of sp³-hybridized carbons (Fsp3) is 0.567. The van der Waals surface area contributed by atoms with E-state index < -0.39 is 5.63 Å². The Hall–Kier alpha value is -2.69. The van der Waals surface area contributed by atoms with Crippen LogP contribution in [0.4, 0.5) is 0 Å². The number of hydrogen-bond acceptors (Lipinski definition) is 5. The van der Waals surface area contributed by atoms with Crippen LogP contribution in [0, 0.1) is 0 Å². The van der Waals surface area contributed by atoms with Gasteiger partial charge < -0.3 is 18.6 Å². The molecule has 1 aromatic carbocycles. The molecule has 0 atom stereocenters. The lowest BCUT2D eigenvalue weighted by Gasteiger charge is -2.14. The Morgan fingerprint density at radius 2 is 1.63 bits per heavy atom. The van der Waals surface area contributed by atoms with Crippen molar-refractivity contribution in [1.29, 1.82) is 0 Å². The van der Waals surface area contributed by atoms with Crippen molar-refractivity contribution in [3.63, 3.8) is 0 Å². The van der Waals surface area contributed by atoms with E-state index in [9.17, 15) is 4.79 Å². The van der Waals surface area contributed by atoms with Crippen LogP contribution >= 0.6 is 0 Å². The van der Waals surface area contributed by atoms with Gasteiger partial charge in [-0.3, -0.25) is 0 Å². The van der Waals surface area contributed by atoms with Crippen LogP contribution in [0.5, 0.6) is 17.2 Å². The molecular weight excluding hydrogens is 440 g/mol. The van der Waals surface area contributed by atoms with E-state index in [1.165, 1.54) is 49.7 Å². The van der Waals surface area contributed by atoms with Gasteiger partial charge in [-0.2, -0.15) is 0 Å². The molecule has 0 N–H and O–H groups in total. The van der Waals surface area contributed by atoms with Gasteiger partial charge in [-0.05, 0) is 58.2 Å². The van der Waals surface area contributed by atoms with E-state index >= 15 is 0 Å². The molecule has 1 aromatic heterocycles. The van der Waals surface area contributed by atoms with Gasteiger partial charge in [0.1, 0.15) is 6.61 Å². The van der Waals surface area contributed by atoms with Crippen LogP contribution in [0.15, 0.2) is 50.7 Å². The predicted octanol–water partition coefficient (Wildman–Crippen LogP) is 8.39. The summed E-state index contributed by atoms with van der Waals surface area (Å²) in [5, 5.41) is 0.683. The van der Waals surface area contributed by atoms with Gasteiger partial charge in [-0.25, -0.2) is 4.79 Å². The first-order valence-electron chi connectivity index (χ1n) is 13.2. The van der Waals surface area contributed by atoms with Gasteiger partial charge >= 0.3 is 5.63 Å². The molecule has 2 aromatic rings. The third-order valence-corrected chi connectivity index (χ3v) is 6.02. The highest BCUT2D eigenvalue weighted by Gasteiger charge is 2.20. The molecule has 1 heterocycles. The maximum atomic E-state index is 12.8. The van der Waals surface area contributed by atoms with E-state index in [1.807, 2.05) is 18.2 Å². The molecule has 0 aliphatic rings. The SMILES string of the molecule is CCCCCCCCCCOc1c(OC/C=C(\C)CCC=C(C)C)c(=O)oc2c(OC)cccc12. The van der Waals surface area contributed by atoms with Gasteiger partial charge in [-0.1, -0.05) is 75.2 Å². The molecule has 5 nitrogen and oxygen atoms in total. The molecule has 0 amide bonds. The second-order valence-electron chi connectivity index (χ2n) is 9.39. The summed E-state index contributed by atoms with van der Waals surface area (Å²) in [5.74, 6) is 1.06. The summed E-state index contributed by atoms with van der Waals surface area (Å²) in [5.41, 5.74) is 2.36. The van der Waals surface area contributed by atoms with Crippen molar-refractivity contribution in [2.24, 2.45) is 0 Å². The van der Waals surface area contributed by atoms with Crippen molar-refractivity contribution in [2.45, 2.75) is 91.9 Å². The molecular formula is C30H44O5. The number of allylic oxidation sites excluding steroid dienone is 3. The third kappa shape index (κ3) is 9.83. The summed E-state index contributed by atoms with van der Waals surface area (Å²) in [6.45, 7) is 9.34. The zero-order valence-electron chi connectivity index (χ0n) is 22.4. The summed E-state index contributed by atoms with van der Waals surface area (Å²) in [6, 6.07) is 5.51. The number of rotatable bonds is 17. The van der Waals surface area contributed by atoms with E-state index in [1.54, 1.807) is 13.2 Å². The molecule has 0 saturated heterocycles. The number of hydrogen-bond donors (Lipinski definition) is 0. The lowest BCUT2D eigenvalue weighted by atomic mass is 10.1. The molecule has 194 valence electrons. The van der Waals surface area contributed by atoms with Crippen molar-refractivity contribution < 1.29 is 18.6 Å². The Bertz CT molecular complexity index is 1010. The average molecular weight is 485 g/mol. The van der Waals surface area contributed by atoms with E-state index in [4.69, 9.17) is 18.6 Å². The summed E-state index contributed by atoms with van der Waals surface area (Å²) in [4.78, 5) is 12.8. The highest BCUT2D eigenvalue weighted by atomic mass is 16.5. The van der Waals surface area contributed by atoms with Gasteiger partial charge in [0, 0.05) is 0 Å². The minimum atomic E-state index is -0.552. The van der Waals surface area contributed by atoms with Crippen molar-refractivity contribution in [3.8, 4) is 17.2 Å². The number of fused-ring (bicyclic) bond motifs is 1. The summed E-state index contributed by atoms with van der Waals surface area (Å²) in [7, 11) is 1.56. The minimum absolute atomic E-state index is 0.124. The van der Waals surface area contributed by atoms with Gasteiger partial charge in [0.2, 0.25) is 5.75 Å².